The van der Waals surface area contributed by atoms with E-state index in [1.807, 2.05) is 0 Å². The summed E-state index contributed by atoms with van der Waals surface area (Å²) >= 11 is 0. The van der Waals surface area contributed by atoms with Crippen LogP contribution in [0.2, 0.25) is 0 Å². The van der Waals surface area contributed by atoms with Crippen molar-refractivity contribution in [3.63, 3.8) is 0 Å². The third kappa shape index (κ3) is 3.01. The molecule has 5 rings (SSSR count). The van der Waals surface area contributed by atoms with Gasteiger partial charge < -0.3 is 0 Å². The van der Waals surface area contributed by atoms with E-state index in [0.29, 0.717) is 40.1 Å². The molecule has 13 heteroatoms. The van der Waals surface area contributed by atoms with Crippen LogP contribution in [0.5, 0.6) is 0 Å². The Morgan fingerprint density at radius 2 is 1.62 bits per heavy atom. The van der Waals surface area contributed by atoms with Crippen LogP contribution in [0, 0.1) is 0 Å². The molecule has 0 aliphatic carbocycles. The number of nitrogens with zero attached hydrogens (tertiary/aromatic N) is 13. The molecule has 5 aromatic heterocycles. The number of rotatable bonds is 4. The van der Waals surface area contributed by atoms with E-state index in [-0.39, 0.29) is 0 Å². The second-order valence-electron chi connectivity index (χ2n) is 5.50. The lowest BCUT2D eigenvalue weighted by Gasteiger charge is -2.06. The zero-order chi connectivity index (χ0) is 19.5. The summed E-state index contributed by atoms with van der Waals surface area (Å²) in [6.07, 6.45) is 8.85. The monoisotopic (exact) mass is 383 g/mol. The summed E-state index contributed by atoms with van der Waals surface area (Å²) < 4.78 is 1.54. The van der Waals surface area contributed by atoms with Gasteiger partial charge in [0.25, 0.3) is 0 Å². The Kier molecular flexibility index (Phi) is 4.06. The highest BCUT2D eigenvalue weighted by molar-refractivity contribution is 5.87. The van der Waals surface area contributed by atoms with Crippen molar-refractivity contribution in [2.75, 3.05) is 0 Å². The summed E-state index contributed by atoms with van der Waals surface area (Å²) in [5.41, 5.74) is 1.92. The Labute approximate surface area is 162 Å². The third-order valence-electron chi connectivity index (χ3n) is 3.82. The van der Waals surface area contributed by atoms with Crippen LogP contribution >= 0.6 is 0 Å². The molecular formula is C16H9N13. The zero-order valence-electron chi connectivity index (χ0n) is 14.5. The van der Waals surface area contributed by atoms with Gasteiger partial charge in [0.1, 0.15) is 29.7 Å². The van der Waals surface area contributed by atoms with Gasteiger partial charge in [-0.3, -0.25) is 0 Å². The second-order valence-corrected chi connectivity index (χ2v) is 5.50. The van der Waals surface area contributed by atoms with Crippen LogP contribution in [0.3, 0.4) is 0 Å². The quantitative estimate of drug-likeness (QED) is 0.416. The van der Waals surface area contributed by atoms with Crippen LogP contribution in [0.1, 0.15) is 0 Å². The number of aromatic nitrogens is 13. The fraction of sp³-hybridized carbons (Fsp3) is 0. The lowest BCUT2D eigenvalue weighted by Crippen LogP contribution is -2.05. The van der Waals surface area contributed by atoms with E-state index >= 15 is 0 Å². The van der Waals surface area contributed by atoms with Crippen LogP contribution in [0.15, 0.2) is 55.6 Å². The molecule has 0 fully saturated rings. The van der Waals surface area contributed by atoms with Gasteiger partial charge in [-0.15, -0.1) is 20.4 Å². The molecule has 0 bridgehead atoms. The molecule has 138 valence electrons. The van der Waals surface area contributed by atoms with E-state index in [1.54, 1.807) is 29.1 Å². The van der Waals surface area contributed by atoms with Crippen molar-refractivity contribution in [2.24, 2.45) is 0 Å². The van der Waals surface area contributed by atoms with Crippen molar-refractivity contribution in [3.05, 3.63) is 55.6 Å². The Bertz CT molecular complexity index is 1130. The summed E-state index contributed by atoms with van der Waals surface area (Å²) in [4.78, 5) is 16.6. The van der Waals surface area contributed by atoms with Gasteiger partial charge in [0.2, 0.25) is 5.82 Å². The van der Waals surface area contributed by atoms with Crippen molar-refractivity contribution < 1.29 is 0 Å². The SMILES string of the molecule is c1cnnc(-n2nc(-c3ncncn3)c(-c3ccnnn3)c2-c2nccnn2)c1. The van der Waals surface area contributed by atoms with Gasteiger partial charge in [0.05, 0.1) is 18.0 Å². The lowest BCUT2D eigenvalue weighted by molar-refractivity contribution is 0.809. The third-order valence-corrected chi connectivity index (χ3v) is 3.82. The molecule has 5 heterocycles. The Balaban J connectivity index is 1.89. The minimum absolute atomic E-state index is 0.305. The summed E-state index contributed by atoms with van der Waals surface area (Å²) in [6.45, 7) is 0. The summed E-state index contributed by atoms with van der Waals surface area (Å²) in [7, 11) is 0. The fourth-order valence-corrected chi connectivity index (χ4v) is 2.69. The zero-order valence-corrected chi connectivity index (χ0v) is 14.5. The number of hydrogen-bond donors (Lipinski definition) is 0. The van der Waals surface area contributed by atoms with Gasteiger partial charge in [0, 0.05) is 12.4 Å². The molecule has 0 aliphatic heterocycles. The molecule has 0 saturated heterocycles. The van der Waals surface area contributed by atoms with Crippen molar-refractivity contribution in [2.45, 2.75) is 0 Å². The van der Waals surface area contributed by atoms with Crippen LogP contribution in [0.25, 0.3) is 40.1 Å². The first-order valence-electron chi connectivity index (χ1n) is 8.24. The largest absolute Gasteiger partial charge is 0.232 e. The van der Waals surface area contributed by atoms with Crippen LogP contribution in [-0.2, 0) is 0 Å². The maximum atomic E-state index is 4.67. The average Bonchev–Trinajstić information content (AvgIpc) is 3.22. The van der Waals surface area contributed by atoms with Gasteiger partial charge in [-0.1, -0.05) is 0 Å². The number of hydrogen-bond acceptors (Lipinski definition) is 12. The van der Waals surface area contributed by atoms with E-state index in [4.69, 9.17) is 0 Å². The molecular weight excluding hydrogens is 374 g/mol. The molecule has 13 nitrogen and oxygen atoms in total. The average molecular weight is 383 g/mol. The molecule has 5 aromatic rings. The first-order valence-corrected chi connectivity index (χ1v) is 8.24. The Hall–Kier alpha value is -4.68. The van der Waals surface area contributed by atoms with Gasteiger partial charge >= 0.3 is 0 Å². The highest BCUT2D eigenvalue weighted by Gasteiger charge is 2.27. The smallest absolute Gasteiger partial charge is 0.201 e. The van der Waals surface area contributed by atoms with E-state index < -0.39 is 0 Å². The highest BCUT2D eigenvalue weighted by atomic mass is 15.4. The second kappa shape index (κ2) is 7.15. The normalized spacial score (nSPS) is 10.8. The summed E-state index contributed by atoms with van der Waals surface area (Å²) in [5, 5.41) is 32.4. The minimum atomic E-state index is 0.305. The molecule has 0 atom stereocenters. The molecule has 0 N–H and O–H groups in total. The van der Waals surface area contributed by atoms with Crippen molar-refractivity contribution in [1.29, 1.82) is 0 Å². The van der Waals surface area contributed by atoms with Gasteiger partial charge in [0.15, 0.2) is 11.6 Å². The molecule has 0 spiro atoms. The lowest BCUT2D eigenvalue weighted by atomic mass is 10.1. The fourth-order valence-electron chi connectivity index (χ4n) is 2.69. The minimum Gasteiger partial charge on any atom is -0.232 e. The van der Waals surface area contributed by atoms with E-state index in [0.717, 1.165) is 0 Å². The van der Waals surface area contributed by atoms with Crippen molar-refractivity contribution in [3.8, 4) is 40.1 Å². The molecule has 0 saturated carbocycles. The van der Waals surface area contributed by atoms with Crippen LogP contribution in [-0.4, -0.2) is 65.5 Å². The standard InChI is InChI=1S/C16H9N13/c1-2-11(25-21-4-1)29-14(16-18-6-7-22-26-16)12(10-3-5-23-28-24-10)13(27-29)15-19-8-17-9-20-15/h1-9H. The molecule has 0 unspecified atom stereocenters. The predicted octanol–water partition coefficient (Wildman–Crippen LogP) is 0.218. The maximum Gasteiger partial charge on any atom is 0.201 e. The maximum absolute atomic E-state index is 4.67. The van der Waals surface area contributed by atoms with Crippen LogP contribution in [0.4, 0.5) is 0 Å². The molecule has 0 aromatic carbocycles. The topological polar surface area (TPSA) is 160 Å². The predicted molar refractivity (Wildman–Crippen MR) is 95.6 cm³/mol. The van der Waals surface area contributed by atoms with Crippen molar-refractivity contribution >= 4 is 0 Å². The molecule has 0 amide bonds. The van der Waals surface area contributed by atoms with Gasteiger partial charge in [-0.05, 0) is 23.4 Å². The summed E-state index contributed by atoms with van der Waals surface area (Å²) in [6, 6.07) is 5.18. The molecule has 0 radical (unpaired) electrons. The first-order chi connectivity index (χ1) is 14.4. The summed E-state index contributed by atoms with van der Waals surface area (Å²) in [5.74, 6) is 1.08. The Morgan fingerprint density at radius 3 is 2.34 bits per heavy atom. The highest BCUT2D eigenvalue weighted by Crippen LogP contribution is 2.37. The Morgan fingerprint density at radius 1 is 0.724 bits per heavy atom. The van der Waals surface area contributed by atoms with Crippen LogP contribution < -0.4 is 0 Å². The van der Waals surface area contributed by atoms with Crippen molar-refractivity contribution in [1.82, 2.24) is 65.5 Å². The van der Waals surface area contributed by atoms with E-state index in [1.165, 1.54) is 31.2 Å². The van der Waals surface area contributed by atoms with Gasteiger partial charge in [-0.2, -0.15) is 15.3 Å². The van der Waals surface area contributed by atoms with E-state index in [2.05, 4.69) is 60.8 Å². The molecule has 29 heavy (non-hydrogen) atoms. The van der Waals surface area contributed by atoms with E-state index in [9.17, 15) is 0 Å². The first kappa shape index (κ1) is 16.5. The molecule has 0 aliphatic rings. The van der Waals surface area contributed by atoms with Gasteiger partial charge in [-0.25, -0.2) is 24.6 Å².